The topological polar surface area (TPSA) is 90.9 Å². The quantitative estimate of drug-likeness (QED) is 0.821. The van der Waals surface area contributed by atoms with Gasteiger partial charge in [0.05, 0.1) is 11.8 Å². The molecule has 1 unspecified atom stereocenters. The summed E-state index contributed by atoms with van der Waals surface area (Å²) in [7, 11) is -3.37. The zero-order valence-corrected chi connectivity index (χ0v) is 12.9. The molecular formula is C12H24N4O2S. The van der Waals surface area contributed by atoms with E-state index in [2.05, 4.69) is 10.2 Å². The van der Waals surface area contributed by atoms with Crippen LogP contribution in [0, 0.1) is 5.92 Å². The van der Waals surface area contributed by atoms with Crippen LogP contribution in [0.4, 0.5) is 0 Å². The van der Waals surface area contributed by atoms with Crippen LogP contribution >= 0.6 is 0 Å². The van der Waals surface area contributed by atoms with Gasteiger partial charge in [-0.2, -0.15) is 0 Å². The van der Waals surface area contributed by atoms with E-state index in [1.807, 2.05) is 20.8 Å². The molecule has 0 saturated heterocycles. The Labute approximate surface area is 115 Å². The molecule has 0 saturated carbocycles. The molecule has 110 valence electrons. The second-order valence-electron chi connectivity index (χ2n) is 5.14. The van der Waals surface area contributed by atoms with Crippen molar-refractivity contribution in [2.24, 2.45) is 11.7 Å². The van der Waals surface area contributed by atoms with Gasteiger partial charge in [-0.05, 0) is 12.3 Å². The molecule has 0 amide bonds. The average molecular weight is 288 g/mol. The fourth-order valence-corrected chi connectivity index (χ4v) is 2.84. The van der Waals surface area contributed by atoms with E-state index < -0.39 is 9.84 Å². The zero-order chi connectivity index (χ0) is 14.6. The first-order valence-corrected chi connectivity index (χ1v) is 8.40. The Morgan fingerprint density at radius 1 is 1.26 bits per heavy atom. The minimum Gasteiger partial charge on any atom is -0.321 e. The lowest BCUT2D eigenvalue weighted by molar-refractivity contribution is 0.450. The molecule has 0 aliphatic rings. The minimum absolute atomic E-state index is 0.0201. The molecule has 0 radical (unpaired) electrons. The highest BCUT2D eigenvalue weighted by atomic mass is 32.2. The maximum Gasteiger partial charge on any atom is 0.249 e. The predicted octanol–water partition coefficient (Wildman–Crippen LogP) is 1.53. The Hall–Kier alpha value is -0.950. The van der Waals surface area contributed by atoms with Gasteiger partial charge in [-0.1, -0.05) is 34.1 Å². The van der Waals surface area contributed by atoms with Gasteiger partial charge >= 0.3 is 0 Å². The van der Waals surface area contributed by atoms with Crippen LogP contribution in [-0.2, 0) is 16.4 Å². The van der Waals surface area contributed by atoms with Gasteiger partial charge in [0.25, 0.3) is 0 Å². The Kier molecular flexibility index (Phi) is 5.49. The van der Waals surface area contributed by atoms with E-state index in [-0.39, 0.29) is 17.0 Å². The van der Waals surface area contributed by atoms with Crippen molar-refractivity contribution in [1.29, 1.82) is 0 Å². The standard InChI is InChI=1S/C12H24N4O2S/c1-5-7-10(13)11-14-15-12(19(17,18)6-2)16(11)8-9(3)4/h9-10H,5-8,13H2,1-4H3. The van der Waals surface area contributed by atoms with Crippen molar-refractivity contribution >= 4 is 9.84 Å². The molecule has 19 heavy (non-hydrogen) atoms. The van der Waals surface area contributed by atoms with Crippen LogP contribution in [0.25, 0.3) is 0 Å². The Morgan fingerprint density at radius 3 is 2.37 bits per heavy atom. The van der Waals surface area contributed by atoms with Gasteiger partial charge in [0.2, 0.25) is 15.0 Å². The predicted molar refractivity (Wildman–Crippen MR) is 74.4 cm³/mol. The third kappa shape index (κ3) is 3.76. The highest BCUT2D eigenvalue weighted by Crippen LogP contribution is 2.19. The minimum atomic E-state index is -3.37. The van der Waals surface area contributed by atoms with Gasteiger partial charge in [-0.15, -0.1) is 10.2 Å². The van der Waals surface area contributed by atoms with Crippen LogP contribution in [0.15, 0.2) is 5.16 Å². The number of rotatable bonds is 7. The van der Waals surface area contributed by atoms with E-state index in [9.17, 15) is 8.42 Å². The summed E-state index contributed by atoms with van der Waals surface area (Å²) in [6, 6.07) is -0.267. The third-order valence-electron chi connectivity index (χ3n) is 2.88. The molecule has 1 heterocycles. The van der Waals surface area contributed by atoms with Crippen LogP contribution in [0.1, 0.15) is 52.4 Å². The van der Waals surface area contributed by atoms with Crippen LogP contribution in [0.2, 0.25) is 0 Å². The zero-order valence-electron chi connectivity index (χ0n) is 12.1. The summed E-state index contributed by atoms with van der Waals surface area (Å²) in [5.74, 6) is 0.892. The van der Waals surface area contributed by atoms with E-state index in [0.717, 1.165) is 12.8 Å². The first kappa shape index (κ1) is 16.1. The van der Waals surface area contributed by atoms with Crippen molar-refractivity contribution in [3.63, 3.8) is 0 Å². The highest BCUT2D eigenvalue weighted by molar-refractivity contribution is 7.91. The second kappa shape index (κ2) is 6.47. The summed E-state index contributed by atoms with van der Waals surface area (Å²) in [5, 5.41) is 7.92. The number of nitrogens with two attached hydrogens (primary N) is 1. The number of aromatic nitrogens is 3. The molecule has 1 atom stereocenters. The largest absolute Gasteiger partial charge is 0.321 e. The molecule has 0 aliphatic carbocycles. The molecule has 1 aromatic rings. The Balaban J connectivity index is 3.27. The molecule has 6 nitrogen and oxygen atoms in total. The Morgan fingerprint density at radius 2 is 1.89 bits per heavy atom. The lowest BCUT2D eigenvalue weighted by Gasteiger charge is -2.15. The van der Waals surface area contributed by atoms with Gasteiger partial charge in [0, 0.05) is 6.54 Å². The molecule has 0 spiro atoms. The first-order valence-electron chi connectivity index (χ1n) is 6.74. The lowest BCUT2D eigenvalue weighted by Crippen LogP contribution is -2.21. The molecule has 2 N–H and O–H groups in total. The molecule has 0 aromatic carbocycles. The fourth-order valence-electron chi connectivity index (χ4n) is 1.91. The van der Waals surface area contributed by atoms with E-state index >= 15 is 0 Å². The van der Waals surface area contributed by atoms with E-state index in [1.165, 1.54) is 0 Å². The second-order valence-corrected chi connectivity index (χ2v) is 7.32. The third-order valence-corrected chi connectivity index (χ3v) is 4.50. The van der Waals surface area contributed by atoms with E-state index in [1.54, 1.807) is 11.5 Å². The normalized spacial score (nSPS) is 14.0. The monoisotopic (exact) mass is 288 g/mol. The number of hydrogen-bond donors (Lipinski definition) is 1. The summed E-state index contributed by atoms with van der Waals surface area (Å²) in [5.41, 5.74) is 6.06. The smallest absolute Gasteiger partial charge is 0.249 e. The van der Waals surface area contributed by atoms with Gasteiger partial charge in [0.1, 0.15) is 0 Å². The van der Waals surface area contributed by atoms with Crippen LogP contribution in [-0.4, -0.2) is 28.9 Å². The van der Waals surface area contributed by atoms with Gasteiger partial charge in [0.15, 0.2) is 5.82 Å². The van der Waals surface area contributed by atoms with Crippen molar-refractivity contribution in [3.8, 4) is 0 Å². The van der Waals surface area contributed by atoms with Crippen molar-refractivity contribution in [2.75, 3.05) is 5.75 Å². The molecule has 0 bridgehead atoms. The van der Waals surface area contributed by atoms with E-state index in [0.29, 0.717) is 18.3 Å². The average Bonchev–Trinajstić information content (AvgIpc) is 2.73. The van der Waals surface area contributed by atoms with Gasteiger partial charge in [-0.25, -0.2) is 8.42 Å². The Bertz CT molecular complexity index is 508. The molecule has 0 aliphatic heterocycles. The van der Waals surface area contributed by atoms with Crippen molar-refractivity contribution in [2.45, 2.75) is 58.3 Å². The number of nitrogens with zero attached hydrogens (tertiary/aromatic N) is 3. The summed E-state index contributed by atoms with van der Waals surface area (Å²) < 4.78 is 25.7. The van der Waals surface area contributed by atoms with Gasteiger partial charge in [-0.3, -0.25) is 0 Å². The van der Waals surface area contributed by atoms with Crippen molar-refractivity contribution in [3.05, 3.63) is 5.82 Å². The number of hydrogen-bond acceptors (Lipinski definition) is 5. The summed E-state index contributed by atoms with van der Waals surface area (Å²) in [6.45, 7) is 8.26. The molecule has 1 rings (SSSR count). The molecular weight excluding hydrogens is 264 g/mol. The SMILES string of the molecule is CCCC(N)c1nnc(S(=O)(=O)CC)n1CC(C)C. The number of sulfone groups is 1. The fraction of sp³-hybridized carbons (Fsp3) is 0.833. The molecule has 7 heteroatoms. The highest BCUT2D eigenvalue weighted by Gasteiger charge is 2.25. The summed E-state index contributed by atoms with van der Waals surface area (Å²) in [4.78, 5) is 0. The summed E-state index contributed by atoms with van der Waals surface area (Å²) >= 11 is 0. The molecule has 1 aromatic heterocycles. The maximum absolute atomic E-state index is 12.0. The van der Waals surface area contributed by atoms with Crippen LogP contribution in [0.3, 0.4) is 0 Å². The maximum atomic E-state index is 12.0. The summed E-state index contributed by atoms with van der Waals surface area (Å²) in [6.07, 6.45) is 1.69. The van der Waals surface area contributed by atoms with Crippen LogP contribution in [0.5, 0.6) is 0 Å². The van der Waals surface area contributed by atoms with Crippen molar-refractivity contribution in [1.82, 2.24) is 14.8 Å². The van der Waals surface area contributed by atoms with Crippen molar-refractivity contribution < 1.29 is 8.42 Å². The van der Waals surface area contributed by atoms with E-state index in [4.69, 9.17) is 5.73 Å². The first-order chi connectivity index (χ1) is 8.83. The van der Waals surface area contributed by atoms with Crippen LogP contribution < -0.4 is 5.73 Å². The van der Waals surface area contributed by atoms with Gasteiger partial charge < -0.3 is 10.3 Å². The molecule has 0 fully saturated rings. The lowest BCUT2D eigenvalue weighted by atomic mass is 10.1.